The summed E-state index contributed by atoms with van der Waals surface area (Å²) in [6.07, 6.45) is -0.0128. The molecule has 1 aliphatic heterocycles. The maximum absolute atomic E-state index is 12.3. The molecule has 0 radical (unpaired) electrons. The second-order valence-corrected chi connectivity index (χ2v) is 8.91. The number of nitrogens with zero attached hydrogens (tertiary/aromatic N) is 3. The molecule has 1 saturated heterocycles. The number of nitrogens with one attached hydrogen (secondary N) is 1. The predicted octanol–water partition coefficient (Wildman–Crippen LogP) is 3.46. The van der Waals surface area contributed by atoms with Gasteiger partial charge in [-0.15, -0.1) is 10.2 Å². The second kappa shape index (κ2) is 10.8. The van der Waals surface area contributed by atoms with Crippen LogP contribution in [0.15, 0.2) is 58.2 Å². The molecule has 0 saturated carbocycles. The molecule has 1 aromatic heterocycles. The smallest absolute Gasteiger partial charge is 0.277 e. The molecule has 1 amide bonds. The highest BCUT2D eigenvalue weighted by atomic mass is 32.2. The van der Waals surface area contributed by atoms with Crippen molar-refractivity contribution in [2.75, 3.05) is 32.0 Å². The van der Waals surface area contributed by atoms with Crippen molar-refractivity contribution in [1.29, 1.82) is 0 Å². The van der Waals surface area contributed by atoms with Gasteiger partial charge in [0.25, 0.3) is 5.22 Å². The Labute approximate surface area is 192 Å². The Morgan fingerprint density at radius 2 is 2.00 bits per heavy atom. The number of carbonyl (C=O) groups excluding carboxylic acids is 1. The van der Waals surface area contributed by atoms with E-state index in [9.17, 15) is 4.79 Å². The summed E-state index contributed by atoms with van der Waals surface area (Å²) in [5.74, 6) is 0.601. The quantitative estimate of drug-likeness (QED) is 0.524. The second-order valence-electron chi connectivity index (χ2n) is 7.98. The monoisotopic (exact) mass is 452 g/mol. The Balaban J connectivity index is 1.21. The highest BCUT2D eigenvalue weighted by molar-refractivity contribution is 7.99. The van der Waals surface area contributed by atoms with Gasteiger partial charge in [-0.2, -0.15) is 0 Å². The van der Waals surface area contributed by atoms with E-state index in [1.165, 1.54) is 28.5 Å². The van der Waals surface area contributed by atoms with Crippen LogP contribution in [0, 0.1) is 13.8 Å². The summed E-state index contributed by atoms with van der Waals surface area (Å²) < 4.78 is 11.5. The molecule has 168 valence electrons. The lowest BCUT2D eigenvalue weighted by atomic mass is 10.1. The molecule has 0 spiro atoms. The van der Waals surface area contributed by atoms with Gasteiger partial charge in [0.15, 0.2) is 0 Å². The fraction of sp³-hybridized carbons (Fsp3) is 0.375. The summed E-state index contributed by atoms with van der Waals surface area (Å²) in [4.78, 5) is 14.7. The summed E-state index contributed by atoms with van der Waals surface area (Å²) in [7, 11) is 0. The molecule has 1 atom stereocenters. The fourth-order valence-corrected chi connectivity index (χ4v) is 4.15. The van der Waals surface area contributed by atoms with E-state index in [4.69, 9.17) is 9.15 Å². The third-order valence-corrected chi connectivity index (χ3v) is 6.30. The summed E-state index contributed by atoms with van der Waals surface area (Å²) in [5, 5.41) is 11.5. The van der Waals surface area contributed by atoms with Crippen molar-refractivity contribution < 1.29 is 13.9 Å². The minimum Gasteiger partial charge on any atom is -0.411 e. The van der Waals surface area contributed by atoms with Crippen molar-refractivity contribution in [3.8, 4) is 11.5 Å². The number of amides is 1. The van der Waals surface area contributed by atoms with E-state index in [1.807, 2.05) is 31.2 Å². The van der Waals surface area contributed by atoms with Gasteiger partial charge in [-0.1, -0.05) is 48.2 Å². The lowest BCUT2D eigenvalue weighted by Gasteiger charge is -2.33. The first kappa shape index (κ1) is 22.5. The van der Waals surface area contributed by atoms with Crippen molar-refractivity contribution in [1.82, 2.24) is 20.4 Å². The molecule has 8 heteroatoms. The molecule has 32 heavy (non-hydrogen) atoms. The number of rotatable bonds is 8. The Morgan fingerprint density at radius 3 is 2.81 bits per heavy atom. The van der Waals surface area contributed by atoms with Crippen molar-refractivity contribution in [2.24, 2.45) is 0 Å². The minimum absolute atomic E-state index is 0.0128. The molecule has 4 rings (SSSR count). The first-order valence-corrected chi connectivity index (χ1v) is 11.7. The molecule has 1 N–H and O–H groups in total. The molecule has 2 heterocycles. The summed E-state index contributed by atoms with van der Waals surface area (Å²) in [6, 6.07) is 16.4. The van der Waals surface area contributed by atoms with E-state index in [0.717, 1.165) is 25.2 Å². The number of carbonyl (C=O) groups is 1. The zero-order chi connectivity index (χ0) is 22.3. The SMILES string of the molecule is Cc1ccc(-c2nnc(SCC(=O)NCC3CN(Cc4ccccc4)CCO3)o2)cc1C. The molecule has 1 fully saturated rings. The Bertz CT molecular complexity index is 1040. The van der Waals surface area contributed by atoms with Crippen molar-refractivity contribution in [2.45, 2.75) is 31.7 Å². The van der Waals surface area contributed by atoms with Crippen LogP contribution in [0.3, 0.4) is 0 Å². The average molecular weight is 453 g/mol. The molecule has 2 aromatic carbocycles. The maximum atomic E-state index is 12.3. The zero-order valence-corrected chi connectivity index (χ0v) is 19.2. The van der Waals surface area contributed by atoms with Crippen LogP contribution >= 0.6 is 11.8 Å². The number of benzene rings is 2. The van der Waals surface area contributed by atoms with Gasteiger partial charge in [0.2, 0.25) is 11.8 Å². The van der Waals surface area contributed by atoms with Crippen LogP contribution in [-0.4, -0.2) is 59.1 Å². The van der Waals surface area contributed by atoms with Gasteiger partial charge in [0.1, 0.15) is 0 Å². The van der Waals surface area contributed by atoms with E-state index in [1.54, 1.807) is 0 Å². The van der Waals surface area contributed by atoms with E-state index < -0.39 is 0 Å². The van der Waals surface area contributed by atoms with Crippen molar-refractivity contribution in [3.63, 3.8) is 0 Å². The van der Waals surface area contributed by atoms with Gasteiger partial charge in [0, 0.05) is 31.7 Å². The molecular weight excluding hydrogens is 424 g/mol. The molecule has 1 unspecified atom stereocenters. The van der Waals surface area contributed by atoms with Gasteiger partial charge in [-0.05, 0) is 42.7 Å². The fourth-order valence-electron chi connectivity index (χ4n) is 3.55. The number of hydrogen-bond acceptors (Lipinski definition) is 7. The van der Waals surface area contributed by atoms with E-state index in [0.29, 0.717) is 24.3 Å². The van der Waals surface area contributed by atoms with Crippen LogP contribution in [-0.2, 0) is 16.1 Å². The minimum atomic E-state index is -0.0790. The topological polar surface area (TPSA) is 80.5 Å². The highest BCUT2D eigenvalue weighted by Crippen LogP contribution is 2.24. The predicted molar refractivity (Wildman–Crippen MR) is 124 cm³/mol. The Hall–Kier alpha value is -2.68. The largest absolute Gasteiger partial charge is 0.411 e. The number of aromatic nitrogens is 2. The Kier molecular flexibility index (Phi) is 7.57. The van der Waals surface area contributed by atoms with Gasteiger partial charge >= 0.3 is 0 Å². The first-order valence-electron chi connectivity index (χ1n) is 10.8. The van der Waals surface area contributed by atoms with Gasteiger partial charge in [-0.25, -0.2) is 0 Å². The van der Waals surface area contributed by atoms with Crippen LogP contribution in [0.4, 0.5) is 0 Å². The summed E-state index contributed by atoms with van der Waals surface area (Å²) in [5.41, 5.74) is 4.55. The van der Waals surface area contributed by atoms with Crippen molar-refractivity contribution in [3.05, 3.63) is 65.2 Å². The molecule has 0 bridgehead atoms. The standard InChI is InChI=1S/C24H28N4O3S/c1-17-8-9-20(12-18(17)2)23-26-27-24(31-23)32-16-22(29)25-13-21-15-28(10-11-30-21)14-19-6-4-3-5-7-19/h3-9,12,21H,10-11,13-16H2,1-2H3,(H,25,29). The maximum Gasteiger partial charge on any atom is 0.277 e. The summed E-state index contributed by atoms with van der Waals surface area (Å²) >= 11 is 1.24. The average Bonchev–Trinajstić information content (AvgIpc) is 3.28. The number of morpholine rings is 1. The summed E-state index contributed by atoms with van der Waals surface area (Å²) in [6.45, 7) is 7.86. The number of aryl methyl sites for hydroxylation is 2. The first-order chi connectivity index (χ1) is 15.6. The lowest BCUT2D eigenvalue weighted by Crippen LogP contribution is -2.47. The van der Waals surface area contributed by atoms with Crippen LogP contribution in [0.25, 0.3) is 11.5 Å². The van der Waals surface area contributed by atoms with E-state index in [2.05, 4.69) is 51.6 Å². The van der Waals surface area contributed by atoms with Gasteiger partial charge in [-0.3, -0.25) is 9.69 Å². The number of hydrogen-bond donors (Lipinski definition) is 1. The molecule has 0 aliphatic carbocycles. The zero-order valence-electron chi connectivity index (χ0n) is 18.4. The number of ether oxygens (including phenoxy) is 1. The van der Waals surface area contributed by atoms with Gasteiger partial charge < -0.3 is 14.5 Å². The normalized spacial score (nSPS) is 16.8. The Morgan fingerprint density at radius 1 is 1.16 bits per heavy atom. The van der Waals surface area contributed by atoms with Gasteiger partial charge in [0.05, 0.1) is 18.5 Å². The van der Waals surface area contributed by atoms with Crippen LogP contribution in [0.5, 0.6) is 0 Å². The molecular formula is C24H28N4O3S. The van der Waals surface area contributed by atoms with E-state index >= 15 is 0 Å². The number of thioether (sulfide) groups is 1. The highest BCUT2D eigenvalue weighted by Gasteiger charge is 2.21. The van der Waals surface area contributed by atoms with E-state index in [-0.39, 0.29) is 17.8 Å². The van der Waals surface area contributed by atoms with Crippen LogP contribution < -0.4 is 5.32 Å². The third kappa shape index (κ3) is 6.18. The lowest BCUT2D eigenvalue weighted by molar-refractivity contribution is -0.119. The van der Waals surface area contributed by atoms with Crippen LogP contribution in [0.1, 0.15) is 16.7 Å². The molecule has 3 aromatic rings. The van der Waals surface area contributed by atoms with Crippen molar-refractivity contribution >= 4 is 17.7 Å². The molecule has 1 aliphatic rings. The molecule has 7 nitrogen and oxygen atoms in total. The van der Waals surface area contributed by atoms with Crippen LogP contribution in [0.2, 0.25) is 0 Å². The third-order valence-electron chi connectivity index (χ3n) is 5.49.